The standard InChI is InChI=1S/C48H36F3N3O10S/c1-19-15-33-31(18-35(19)65(8,59)60)54-40-36(23(5)41(55)24(6)44(40)63-33)37-43(57)22(4)27(39-46(37)62-32-14-10-26(48(49,50)51)17-30(32)53-39)11-12-28-42(56)21(3)20(2)38-45(28)64-34-16-25(47(58)61-7)9-13-29(34)52-38/h9-10,13-18H,11-12H2,1-8H3. The maximum absolute atomic E-state index is 15.1. The average Bonchev–Trinajstić information content (AvgIpc) is 3.26. The normalized spacial score (nSPS) is 12.4. The number of hydrogen-bond acceptors (Lipinski definition) is 13. The predicted molar refractivity (Wildman–Crippen MR) is 235 cm³/mol. The summed E-state index contributed by atoms with van der Waals surface area (Å²) >= 11 is 0. The highest BCUT2D eigenvalue weighted by Gasteiger charge is 2.35. The number of halogens is 3. The van der Waals surface area contributed by atoms with Gasteiger partial charge in [-0.05, 0) is 120 Å². The molecular formula is C48H36F3N3O10S. The van der Waals surface area contributed by atoms with Crippen molar-refractivity contribution in [3.8, 4) is 45.5 Å². The number of aryl methyl sites for hydroxylation is 1. The number of rotatable bonds is 6. The van der Waals surface area contributed by atoms with Gasteiger partial charge in [0.15, 0.2) is 60.2 Å². The fourth-order valence-corrected chi connectivity index (χ4v) is 9.51. The van der Waals surface area contributed by atoms with Gasteiger partial charge in [0.05, 0.1) is 28.7 Å². The molecule has 0 bridgehead atoms. The van der Waals surface area contributed by atoms with E-state index in [-0.39, 0.29) is 124 Å². The third-order valence-electron chi connectivity index (χ3n) is 12.1. The molecule has 0 fully saturated rings. The SMILES string of the molecule is COC(=O)c1ccc2nc3c(C)c(C)c(=O)c(CCc4c5nc6cc(C(F)(F)F)ccc6oc-5c(-c5c6nc7cc(S(C)(=O)=O)c(C)cc7oc-6c(C)c(=O)c5C)c(=O)c4C)c-3oc2c1. The molecule has 3 heterocycles. The van der Waals surface area contributed by atoms with Gasteiger partial charge >= 0.3 is 12.1 Å². The Balaban J connectivity index is 1.32. The van der Waals surface area contributed by atoms with E-state index in [9.17, 15) is 36.0 Å². The number of carbonyl (C=O) groups is 1. The van der Waals surface area contributed by atoms with E-state index in [1.165, 1.54) is 52.1 Å². The minimum Gasteiger partial charge on any atom is -0.465 e. The monoisotopic (exact) mass is 903 g/mol. The topological polar surface area (TPSA) is 190 Å². The Morgan fingerprint density at radius 1 is 0.615 bits per heavy atom. The van der Waals surface area contributed by atoms with Gasteiger partial charge in [-0.15, -0.1) is 0 Å². The fourth-order valence-electron chi connectivity index (χ4n) is 8.54. The number of aromatic nitrogens is 3. The zero-order chi connectivity index (χ0) is 46.8. The van der Waals surface area contributed by atoms with Crippen LogP contribution >= 0.6 is 0 Å². The summed E-state index contributed by atoms with van der Waals surface area (Å²) in [5.41, 5.74) is 0.506. The average molecular weight is 904 g/mol. The number of alkyl halides is 3. The van der Waals surface area contributed by atoms with Crippen LogP contribution in [0.25, 0.3) is 78.8 Å². The number of ether oxygens (including phenoxy) is 1. The first-order chi connectivity index (χ1) is 30.6. The molecule has 17 heteroatoms. The van der Waals surface area contributed by atoms with Crippen LogP contribution in [-0.4, -0.2) is 42.7 Å². The number of hydrogen-bond donors (Lipinski definition) is 0. The number of carbonyl (C=O) groups excluding carboxylic acids is 1. The van der Waals surface area contributed by atoms with Crippen molar-refractivity contribution in [1.82, 2.24) is 15.0 Å². The van der Waals surface area contributed by atoms with E-state index in [1.54, 1.807) is 26.8 Å². The molecule has 330 valence electrons. The molecule has 0 spiro atoms. The minimum absolute atomic E-state index is 0.00531. The predicted octanol–water partition coefficient (Wildman–Crippen LogP) is 9.02. The molecule has 0 aromatic heterocycles. The van der Waals surface area contributed by atoms with E-state index in [1.807, 2.05) is 0 Å². The molecule has 3 aromatic carbocycles. The molecule has 0 radical (unpaired) electrons. The molecule has 0 saturated heterocycles. The second-order valence-electron chi connectivity index (χ2n) is 16.2. The molecule has 9 rings (SSSR count). The van der Waals surface area contributed by atoms with Crippen LogP contribution in [0.3, 0.4) is 0 Å². The van der Waals surface area contributed by atoms with E-state index < -0.39 is 38.4 Å². The van der Waals surface area contributed by atoms with Crippen LogP contribution in [0.5, 0.6) is 0 Å². The molecule has 0 N–H and O–H groups in total. The van der Waals surface area contributed by atoms with E-state index in [0.29, 0.717) is 27.9 Å². The number of methoxy groups -OCH3 is 1. The Bertz CT molecular complexity index is 3780. The molecule has 3 aromatic rings. The largest absolute Gasteiger partial charge is 0.465 e. The van der Waals surface area contributed by atoms with Crippen LogP contribution in [-0.2, 0) is 33.6 Å². The lowest BCUT2D eigenvalue weighted by Crippen LogP contribution is -2.22. The van der Waals surface area contributed by atoms with Gasteiger partial charge in [-0.2, -0.15) is 13.2 Å². The van der Waals surface area contributed by atoms with E-state index >= 15 is 4.79 Å². The second-order valence-corrected chi connectivity index (χ2v) is 18.2. The number of sulfone groups is 1. The molecular weight excluding hydrogens is 868 g/mol. The summed E-state index contributed by atoms with van der Waals surface area (Å²) in [6.45, 7) is 9.49. The van der Waals surface area contributed by atoms with Crippen molar-refractivity contribution in [3.05, 3.63) is 135 Å². The lowest BCUT2D eigenvalue weighted by molar-refractivity contribution is -0.137. The fraction of sp³-hybridized carbons (Fsp3) is 0.229. The number of nitrogens with zero attached hydrogens (tertiary/aromatic N) is 3. The number of esters is 1. The molecule has 3 aliphatic heterocycles. The lowest BCUT2D eigenvalue weighted by Gasteiger charge is -2.22. The van der Waals surface area contributed by atoms with Crippen molar-refractivity contribution in [3.63, 3.8) is 0 Å². The smallest absolute Gasteiger partial charge is 0.416 e. The number of benzene rings is 6. The van der Waals surface area contributed by atoms with Crippen molar-refractivity contribution in [2.24, 2.45) is 0 Å². The quantitative estimate of drug-likeness (QED) is 0.114. The Morgan fingerprint density at radius 2 is 1.25 bits per heavy atom. The Morgan fingerprint density at radius 3 is 1.94 bits per heavy atom. The van der Waals surface area contributed by atoms with Gasteiger partial charge in [-0.25, -0.2) is 28.2 Å². The Hall–Kier alpha value is -7.27. The molecule has 0 unspecified atom stereocenters. The minimum atomic E-state index is -4.74. The van der Waals surface area contributed by atoms with Crippen molar-refractivity contribution in [1.29, 1.82) is 0 Å². The molecule has 13 nitrogen and oxygen atoms in total. The third kappa shape index (κ3) is 6.83. The highest BCUT2D eigenvalue weighted by atomic mass is 32.2. The molecule has 0 saturated carbocycles. The zero-order valence-corrected chi connectivity index (χ0v) is 36.8. The molecule has 65 heavy (non-hydrogen) atoms. The lowest BCUT2D eigenvalue weighted by atomic mass is 9.85. The van der Waals surface area contributed by atoms with Crippen LogP contribution in [0.1, 0.15) is 60.4 Å². The first-order valence-electron chi connectivity index (χ1n) is 20.1. The van der Waals surface area contributed by atoms with Crippen molar-refractivity contribution in [2.45, 2.75) is 65.5 Å². The van der Waals surface area contributed by atoms with Crippen molar-refractivity contribution in [2.75, 3.05) is 13.4 Å². The van der Waals surface area contributed by atoms with Crippen LogP contribution in [0.15, 0.2) is 81.1 Å². The highest BCUT2D eigenvalue weighted by molar-refractivity contribution is 7.90. The van der Waals surface area contributed by atoms with Gasteiger partial charge in [-0.3, -0.25) is 14.4 Å². The first kappa shape index (κ1) is 43.0. The van der Waals surface area contributed by atoms with Crippen LogP contribution in [0.4, 0.5) is 13.2 Å². The number of fused-ring (bicyclic) bond motifs is 6. The molecule has 6 aliphatic rings. The summed E-state index contributed by atoms with van der Waals surface area (Å²) in [5, 5.41) is 0. The highest BCUT2D eigenvalue weighted by Crippen LogP contribution is 2.44. The van der Waals surface area contributed by atoms with Gasteiger partial charge in [0.1, 0.15) is 33.6 Å². The van der Waals surface area contributed by atoms with E-state index in [0.717, 1.165) is 24.5 Å². The first-order valence-corrected chi connectivity index (χ1v) is 22.0. The van der Waals surface area contributed by atoms with Gasteiger partial charge in [0.25, 0.3) is 0 Å². The Labute approximate surface area is 366 Å². The summed E-state index contributed by atoms with van der Waals surface area (Å²) in [5.74, 6) is -0.653. The van der Waals surface area contributed by atoms with Gasteiger partial charge in [0.2, 0.25) is 0 Å². The van der Waals surface area contributed by atoms with Gasteiger partial charge in [0, 0.05) is 39.6 Å². The summed E-state index contributed by atoms with van der Waals surface area (Å²) in [4.78, 5) is 69.8. The summed E-state index contributed by atoms with van der Waals surface area (Å²) in [6, 6.07) is 10.1. The van der Waals surface area contributed by atoms with Gasteiger partial charge in [-0.1, -0.05) is 0 Å². The summed E-state index contributed by atoms with van der Waals surface area (Å²) < 4.78 is 91.5. The molecule has 3 aliphatic carbocycles. The second kappa shape index (κ2) is 14.9. The van der Waals surface area contributed by atoms with Crippen LogP contribution < -0.4 is 16.3 Å². The van der Waals surface area contributed by atoms with E-state index in [4.69, 9.17) is 32.9 Å². The van der Waals surface area contributed by atoms with Crippen LogP contribution in [0, 0.1) is 41.5 Å². The van der Waals surface area contributed by atoms with Crippen LogP contribution in [0.2, 0.25) is 0 Å². The van der Waals surface area contributed by atoms with Crippen molar-refractivity contribution >= 4 is 49.1 Å². The maximum Gasteiger partial charge on any atom is 0.416 e. The van der Waals surface area contributed by atoms with Gasteiger partial charge < -0.3 is 18.0 Å². The summed E-state index contributed by atoms with van der Waals surface area (Å²) in [6.07, 6.45) is -3.85. The molecule has 0 atom stereocenters. The molecule has 0 amide bonds. The van der Waals surface area contributed by atoms with Crippen molar-refractivity contribution < 1.29 is 44.4 Å². The summed E-state index contributed by atoms with van der Waals surface area (Å²) in [7, 11) is -2.49. The maximum atomic E-state index is 15.1. The Kier molecular flexibility index (Phi) is 9.86. The zero-order valence-electron chi connectivity index (χ0n) is 36.0. The third-order valence-corrected chi connectivity index (χ3v) is 13.4. The van der Waals surface area contributed by atoms with E-state index in [2.05, 4.69) is 0 Å².